The minimum atomic E-state index is -0.119. The van der Waals surface area contributed by atoms with E-state index in [1.807, 2.05) is 0 Å². The number of nitrogens with one attached hydrogen (secondary N) is 2. The Hall–Kier alpha value is -1.56. The lowest BCUT2D eigenvalue weighted by Gasteiger charge is -2.11. The van der Waals surface area contributed by atoms with Crippen LogP contribution in [0.2, 0.25) is 0 Å². The number of unbranched alkanes of at least 4 members (excludes halogenated alkanes) is 3. The number of hydrogen-bond acceptors (Lipinski definition) is 4. The lowest BCUT2D eigenvalue weighted by Crippen LogP contribution is -2.37. The van der Waals surface area contributed by atoms with Gasteiger partial charge in [0.05, 0.1) is 13.7 Å². The van der Waals surface area contributed by atoms with Gasteiger partial charge in [0.1, 0.15) is 0 Å². The predicted molar refractivity (Wildman–Crippen MR) is 92.4 cm³/mol. The molecule has 0 atom stereocenters. The number of hydrogen-bond donors (Lipinski definition) is 2. The van der Waals surface area contributed by atoms with Gasteiger partial charge in [0.15, 0.2) is 5.96 Å². The highest BCUT2D eigenvalue weighted by molar-refractivity contribution is 7.11. The van der Waals surface area contributed by atoms with E-state index in [-0.39, 0.29) is 5.97 Å². The van der Waals surface area contributed by atoms with Crippen LogP contribution in [0.4, 0.5) is 0 Å². The summed E-state index contributed by atoms with van der Waals surface area (Å²) >= 11 is 1.80. The largest absolute Gasteiger partial charge is 0.469 e. The molecule has 5 nitrogen and oxygen atoms in total. The highest BCUT2D eigenvalue weighted by Gasteiger charge is 2.01. The third-order valence-corrected chi connectivity index (χ3v) is 4.28. The van der Waals surface area contributed by atoms with Gasteiger partial charge in [-0.2, -0.15) is 0 Å². The topological polar surface area (TPSA) is 62.7 Å². The van der Waals surface area contributed by atoms with Gasteiger partial charge in [0.25, 0.3) is 0 Å². The van der Waals surface area contributed by atoms with Crippen molar-refractivity contribution in [3.8, 4) is 0 Å². The average molecular weight is 325 g/mol. The first kappa shape index (κ1) is 18.5. The quantitative estimate of drug-likeness (QED) is 0.317. The number of carbonyl (C=O) groups is 1. The van der Waals surface area contributed by atoms with Gasteiger partial charge >= 0.3 is 5.97 Å². The normalized spacial score (nSPS) is 11.3. The second-order valence-electron chi connectivity index (χ2n) is 5.11. The summed E-state index contributed by atoms with van der Waals surface area (Å²) < 4.78 is 4.61. The molecule has 0 unspecified atom stereocenters. The van der Waals surface area contributed by atoms with Gasteiger partial charge in [-0.05, 0) is 31.9 Å². The smallest absolute Gasteiger partial charge is 0.305 e. The van der Waals surface area contributed by atoms with Crippen molar-refractivity contribution < 1.29 is 9.53 Å². The zero-order valence-corrected chi connectivity index (χ0v) is 14.6. The monoisotopic (exact) mass is 325 g/mol. The summed E-state index contributed by atoms with van der Waals surface area (Å²) in [5, 5.41) is 6.62. The Morgan fingerprint density at radius 2 is 2.00 bits per heavy atom. The summed E-state index contributed by atoms with van der Waals surface area (Å²) in [5.74, 6) is 0.715. The molecule has 0 saturated heterocycles. The molecule has 0 radical (unpaired) electrons. The molecule has 0 aliphatic heterocycles. The number of guanidine groups is 1. The summed E-state index contributed by atoms with van der Waals surface area (Å²) in [6.45, 7) is 3.81. The number of methoxy groups -OCH3 is 1. The molecule has 0 fully saturated rings. The summed E-state index contributed by atoms with van der Waals surface area (Å²) in [4.78, 5) is 17.8. The van der Waals surface area contributed by atoms with Crippen LogP contribution in [0.5, 0.6) is 0 Å². The van der Waals surface area contributed by atoms with Crippen LogP contribution in [0.15, 0.2) is 17.1 Å². The third-order valence-electron chi connectivity index (χ3n) is 3.28. The molecule has 0 bridgehead atoms. The fourth-order valence-electron chi connectivity index (χ4n) is 2.03. The van der Waals surface area contributed by atoms with Crippen molar-refractivity contribution in [2.75, 3.05) is 20.7 Å². The van der Waals surface area contributed by atoms with Crippen LogP contribution in [-0.2, 0) is 16.1 Å². The fourth-order valence-corrected chi connectivity index (χ4v) is 2.86. The Morgan fingerprint density at radius 3 is 2.64 bits per heavy atom. The zero-order chi connectivity index (χ0) is 16.2. The summed E-state index contributed by atoms with van der Waals surface area (Å²) in [6, 6.07) is 4.27. The van der Waals surface area contributed by atoms with Crippen LogP contribution in [0.25, 0.3) is 0 Å². The van der Waals surface area contributed by atoms with Gasteiger partial charge < -0.3 is 15.4 Å². The number of ether oxygens (including phenoxy) is 1. The van der Waals surface area contributed by atoms with Gasteiger partial charge in [-0.3, -0.25) is 9.79 Å². The molecule has 22 heavy (non-hydrogen) atoms. The molecule has 0 amide bonds. The fraction of sp³-hybridized carbons (Fsp3) is 0.625. The van der Waals surface area contributed by atoms with E-state index in [9.17, 15) is 4.79 Å². The third kappa shape index (κ3) is 8.02. The van der Waals surface area contributed by atoms with E-state index in [2.05, 4.69) is 39.4 Å². The first-order chi connectivity index (χ1) is 10.7. The molecule has 1 aromatic rings. The number of carbonyl (C=O) groups excluding carboxylic acids is 1. The van der Waals surface area contributed by atoms with Crippen molar-refractivity contribution in [1.29, 1.82) is 0 Å². The standard InChI is InChI=1S/C16H27N3O2S/c1-13-9-10-14(22-13)12-19-16(17-2)18-11-7-5-4-6-8-15(20)21-3/h9-10H,4-8,11-12H2,1-3H3,(H2,17,18,19). The zero-order valence-electron chi connectivity index (χ0n) is 13.8. The van der Waals surface area contributed by atoms with Crippen molar-refractivity contribution in [3.63, 3.8) is 0 Å². The first-order valence-electron chi connectivity index (χ1n) is 7.72. The first-order valence-corrected chi connectivity index (χ1v) is 8.54. The van der Waals surface area contributed by atoms with Crippen molar-refractivity contribution in [2.45, 2.75) is 45.6 Å². The molecule has 0 spiro atoms. The molecular formula is C16H27N3O2S. The van der Waals surface area contributed by atoms with Crippen LogP contribution in [0, 0.1) is 6.92 Å². The summed E-state index contributed by atoms with van der Waals surface area (Å²) in [6.07, 6.45) is 4.65. The number of aliphatic imine (C=N–C) groups is 1. The van der Waals surface area contributed by atoms with Crippen molar-refractivity contribution in [2.24, 2.45) is 4.99 Å². The van der Waals surface area contributed by atoms with Gasteiger partial charge in [-0.25, -0.2) is 0 Å². The lowest BCUT2D eigenvalue weighted by molar-refractivity contribution is -0.140. The molecule has 1 heterocycles. The van der Waals surface area contributed by atoms with E-state index >= 15 is 0 Å². The molecular weight excluding hydrogens is 298 g/mol. The van der Waals surface area contributed by atoms with E-state index in [0.717, 1.165) is 44.7 Å². The SMILES string of the molecule is CN=C(NCCCCCCC(=O)OC)NCc1ccc(C)s1. The molecule has 1 rings (SSSR count). The molecule has 0 saturated carbocycles. The second-order valence-corrected chi connectivity index (χ2v) is 6.48. The van der Waals surface area contributed by atoms with Crippen LogP contribution >= 0.6 is 11.3 Å². The molecule has 1 aromatic heterocycles. The van der Waals surface area contributed by atoms with Gasteiger partial charge in [-0.1, -0.05) is 12.8 Å². The van der Waals surface area contributed by atoms with Crippen LogP contribution in [-0.4, -0.2) is 32.6 Å². The molecule has 124 valence electrons. The number of aryl methyl sites for hydroxylation is 1. The maximum atomic E-state index is 11.0. The van der Waals surface area contributed by atoms with Crippen LogP contribution in [0.1, 0.15) is 41.9 Å². The van der Waals surface area contributed by atoms with Crippen molar-refractivity contribution >= 4 is 23.3 Å². The Balaban J connectivity index is 2.05. The van der Waals surface area contributed by atoms with E-state index < -0.39 is 0 Å². The van der Waals surface area contributed by atoms with Gasteiger partial charge in [0, 0.05) is 29.8 Å². The summed E-state index contributed by atoms with van der Waals surface area (Å²) in [7, 11) is 3.22. The summed E-state index contributed by atoms with van der Waals surface area (Å²) in [5.41, 5.74) is 0. The highest BCUT2D eigenvalue weighted by atomic mass is 32.1. The number of thiophene rings is 1. The number of nitrogens with zero attached hydrogens (tertiary/aromatic N) is 1. The predicted octanol–water partition coefficient (Wildman–Crippen LogP) is 2.85. The maximum Gasteiger partial charge on any atom is 0.305 e. The minimum Gasteiger partial charge on any atom is -0.469 e. The van der Waals surface area contributed by atoms with Crippen molar-refractivity contribution in [3.05, 3.63) is 21.9 Å². The lowest BCUT2D eigenvalue weighted by atomic mass is 10.1. The van der Waals surface area contributed by atoms with Crippen molar-refractivity contribution in [1.82, 2.24) is 10.6 Å². The molecule has 2 N–H and O–H groups in total. The Bertz CT molecular complexity index is 472. The maximum absolute atomic E-state index is 11.0. The van der Waals surface area contributed by atoms with E-state index in [4.69, 9.17) is 0 Å². The average Bonchev–Trinajstić information content (AvgIpc) is 2.94. The Kier molecular flexibility index (Phi) is 9.30. The second kappa shape index (κ2) is 11.1. The molecule has 0 aliphatic carbocycles. The van der Waals surface area contributed by atoms with E-state index in [0.29, 0.717) is 6.42 Å². The number of rotatable bonds is 9. The molecule has 0 aromatic carbocycles. The minimum absolute atomic E-state index is 0.119. The number of esters is 1. The van der Waals surface area contributed by atoms with E-state index in [1.165, 1.54) is 16.9 Å². The molecule has 6 heteroatoms. The van der Waals surface area contributed by atoms with Gasteiger partial charge in [-0.15, -0.1) is 11.3 Å². The molecule has 0 aliphatic rings. The Labute approximate surface area is 137 Å². The Morgan fingerprint density at radius 1 is 1.23 bits per heavy atom. The van der Waals surface area contributed by atoms with E-state index in [1.54, 1.807) is 18.4 Å². The highest BCUT2D eigenvalue weighted by Crippen LogP contribution is 2.14. The van der Waals surface area contributed by atoms with Crippen LogP contribution < -0.4 is 10.6 Å². The van der Waals surface area contributed by atoms with Gasteiger partial charge in [0.2, 0.25) is 0 Å². The van der Waals surface area contributed by atoms with Crippen LogP contribution in [0.3, 0.4) is 0 Å².